The smallest absolute Gasteiger partial charge is 0.335 e. The number of rotatable bonds is 2. The van der Waals surface area contributed by atoms with Crippen LogP contribution in [0.3, 0.4) is 0 Å². The van der Waals surface area contributed by atoms with Crippen LogP contribution in [-0.4, -0.2) is 21.0 Å². The van der Waals surface area contributed by atoms with E-state index in [-0.39, 0.29) is 11.1 Å². The van der Waals surface area contributed by atoms with E-state index in [1.54, 1.807) is 0 Å². The van der Waals surface area contributed by atoms with Gasteiger partial charge in [-0.25, -0.2) is 9.78 Å². The van der Waals surface area contributed by atoms with Crippen molar-refractivity contribution < 1.29 is 9.90 Å². The average molecular weight is 280 g/mol. The topological polar surface area (TPSA) is 83.0 Å². The molecule has 0 spiro atoms. The quantitative estimate of drug-likeness (QED) is 0.755. The monoisotopic (exact) mass is 280 g/mol. The van der Waals surface area contributed by atoms with E-state index in [9.17, 15) is 9.59 Å². The molecule has 5 nitrogen and oxygen atoms in total. The maximum absolute atomic E-state index is 12.1. The second kappa shape index (κ2) is 4.86. The minimum atomic E-state index is -1.05. The highest BCUT2D eigenvalue weighted by Gasteiger charge is 2.09. The Morgan fingerprint density at radius 3 is 2.52 bits per heavy atom. The predicted molar refractivity (Wildman–Crippen MR) is 79.5 cm³/mol. The standard InChI is InChI=1S/C16H12N2O3/c1-9-2-4-10(5-3-9)14-17-13-8-11(16(20)21)6-7-12(13)15(19)18-14/h2-8H,1H3,(H,20,21)(H,17,18,19). The number of aromatic carboxylic acids is 1. The van der Waals surface area contributed by atoms with Crippen LogP contribution in [0.4, 0.5) is 0 Å². The molecule has 2 N–H and O–H groups in total. The van der Waals surface area contributed by atoms with Crippen LogP contribution < -0.4 is 5.56 Å². The first-order chi connectivity index (χ1) is 10.0. The largest absolute Gasteiger partial charge is 0.478 e. The van der Waals surface area contributed by atoms with Gasteiger partial charge in [0.05, 0.1) is 16.5 Å². The summed E-state index contributed by atoms with van der Waals surface area (Å²) in [5.41, 5.74) is 2.08. The highest BCUT2D eigenvalue weighted by molar-refractivity contribution is 5.93. The number of carboxylic acids is 1. The molecule has 0 aliphatic heterocycles. The lowest BCUT2D eigenvalue weighted by atomic mass is 10.1. The molecule has 0 amide bonds. The molecular weight excluding hydrogens is 268 g/mol. The Bertz CT molecular complexity index is 896. The predicted octanol–water partition coefficient (Wildman–Crippen LogP) is 2.60. The molecule has 3 aromatic rings. The van der Waals surface area contributed by atoms with Crippen molar-refractivity contribution in [1.29, 1.82) is 0 Å². The minimum absolute atomic E-state index is 0.107. The zero-order valence-corrected chi connectivity index (χ0v) is 11.3. The minimum Gasteiger partial charge on any atom is -0.478 e. The molecule has 3 rings (SSSR count). The number of nitrogens with zero attached hydrogens (tertiary/aromatic N) is 1. The van der Waals surface area contributed by atoms with Crippen molar-refractivity contribution in [2.75, 3.05) is 0 Å². The lowest BCUT2D eigenvalue weighted by Gasteiger charge is -2.04. The summed E-state index contributed by atoms with van der Waals surface area (Å²) in [5, 5.41) is 9.39. The zero-order chi connectivity index (χ0) is 15.0. The third-order valence-electron chi connectivity index (χ3n) is 3.28. The number of carboxylic acid groups (broad SMARTS) is 1. The highest BCUT2D eigenvalue weighted by Crippen LogP contribution is 2.17. The van der Waals surface area contributed by atoms with Crippen molar-refractivity contribution in [1.82, 2.24) is 9.97 Å². The van der Waals surface area contributed by atoms with Gasteiger partial charge in [0, 0.05) is 5.56 Å². The number of hydrogen-bond acceptors (Lipinski definition) is 3. The van der Waals surface area contributed by atoms with Gasteiger partial charge < -0.3 is 10.1 Å². The number of nitrogens with one attached hydrogen (secondary N) is 1. The first-order valence-corrected chi connectivity index (χ1v) is 6.39. The molecular formula is C16H12N2O3. The van der Waals surface area contributed by atoms with Crippen LogP contribution in [0.2, 0.25) is 0 Å². The maximum atomic E-state index is 12.1. The first-order valence-electron chi connectivity index (χ1n) is 6.39. The fourth-order valence-corrected chi connectivity index (χ4v) is 2.12. The van der Waals surface area contributed by atoms with Crippen molar-refractivity contribution >= 4 is 16.9 Å². The Kier molecular flexibility index (Phi) is 3.02. The molecule has 0 bridgehead atoms. The van der Waals surface area contributed by atoms with E-state index >= 15 is 0 Å². The molecule has 104 valence electrons. The third-order valence-corrected chi connectivity index (χ3v) is 3.28. The van der Waals surface area contributed by atoms with Gasteiger partial charge in [-0.2, -0.15) is 0 Å². The second-order valence-corrected chi connectivity index (χ2v) is 4.82. The molecule has 5 heteroatoms. The van der Waals surface area contributed by atoms with Gasteiger partial charge in [-0.1, -0.05) is 29.8 Å². The van der Waals surface area contributed by atoms with Gasteiger partial charge in [-0.15, -0.1) is 0 Å². The summed E-state index contributed by atoms with van der Waals surface area (Å²) >= 11 is 0. The van der Waals surface area contributed by atoms with Crippen LogP contribution in [0, 0.1) is 6.92 Å². The van der Waals surface area contributed by atoms with Gasteiger partial charge >= 0.3 is 5.97 Å². The van der Waals surface area contributed by atoms with Crippen LogP contribution >= 0.6 is 0 Å². The van der Waals surface area contributed by atoms with Crippen LogP contribution in [0.25, 0.3) is 22.3 Å². The number of hydrogen-bond donors (Lipinski definition) is 2. The summed E-state index contributed by atoms with van der Waals surface area (Å²) in [6, 6.07) is 11.8. The number of H-pyrrole nitrogens is 1. The number of fused-ring (bicyclic) bond motifs is 1. The molecule has 0 atom stereocenters. The molecule has 0 fully saturated rings. The number of aromatic nitrogens is 2. The molecule has 0 saturated heterocycles. The highest BCUT2D eigenvalue weighted by atomic mass is 16.4. The van der Waals surface area contributed by atoms with Gasteiger partial charge in [-0.3, -0.25) is 4.79 Å². The van der Waals surface area contributed by atoms with Gasteiger partial charge in [-0.05, 0) is 25.1 Å². The number of aromatic amines is 1. The third kappa shape index (κ3) is 2.41. The van der Waals surface area contributed by atoms with E-state index in [1.807, 2.05) is 31.2 Å². The molecule has 0 unspecified atom stereocenters. The van der Waals surface area contributed by atoms with E-state index in [0.29, 0.717) is 16.7 Å². The lowest BCUT2D eigenvalue weighted by molar-refractivity contribution is 0.0697. The first kappa shape index (κ1) is 13.1. The number of carbonyl (C=O) groups is 1. The molecule has 0 saturated carbocycles. The van der Waals surface area contributed by atoms with Crippen molar-refractivity contribution in [3.05, 3.63) is 63.9 Å². The second-order valence-electron chi connectivity index (χ2n) is 4.82. The van der Waals surface area contributed by atoms with E-state index in [4.69, 9.17) is 5.11 Å². The van der Waals surface area contributed by atoms with Crippen LogP contribution in [0.15, 0.2) is 47.3 Å². The summed E-state index contributed by atoms with van der Waals surface area (Å²) in [6.45, 7) is 1.97. The summed E-state index contributed by atoms with van der Waals surface area (Å²) in [6.07, 6.45) is 0. The van der Waals surface area contributed by atoms with Crippen molar-refractivity contribution in [3.63, 3.8) is 0 Å². The van der Waals surface area contributed by atoms with E-state index in [0.717, 1.165) is 11.1 Å². The van der Waals surface area contributed by atoms with E-state index < -0.39 is 5.97 Å². The Morgan fingerprint density at radius 2 is 1.86 bits per heavy atom. The lowest BCUT2D eigenvalue weighted by Crippen LogP contribution is -2.10. The average Bonchev–Trinajstić information content (AvgIpc) is 2.47. The molecule has 0 aliphatic rings. The SMILES string of the molecule is Cc1ccc(-c2nc3cc(C(=O)O)ccc3c(=O)[nH]2)cc1. The van der Waals surface area contributed by atoms with Gasteiger partial charge in [0.1, 0.15) is 5.82 Å². The maximum Gasteiger partial charge on any atom is 0.335 e. The van der Waals surface area contributed by atoms with Gasteiger partial charge in [0.15, 0.2) is 0 Å². The summed E-state index contributed by atoms with van der Waals surface area (Å²) < 4.78 is 0. The molecule has 0 radical (unpaired) electrons. The zero-order valence-electron chi connectivity index (χ0n) is 11.3. The van der Waals surface area contributed by atoms with Gasteiger partial charge in [0.2, 0.25) is 0 Å². The number of aryl methyl sites for hydroxylation is 1. The molecule has 1 aromatic heterocycles. The normalized spacial score (nSPS) is 10.7. The van der Waals surface area contributed by atoms with Crippen molar-refractivity contribution in [2.24, 2.45) is 0 Å². The van der Waals surface area contributed by atoms with Crippen molar-refractivity contribution in [3.8, 4) is 11.4 Å². The van der Waals surface area contributed by atoms with Crippen LogP contribution in [-0.2, 0) is 0 Å². The summed E-state index contributed by atoms with van der Waals surface area (Å²) in [4.78, 5) is 30.2. The Balaban J connectivity index is 2.23. The van der Waals surface area contributed by atoms with E-state index in [1.165, 1.54) is 18.2 Å². The van der Waals surface area contributed by atoms with E-state index in [2.05, 4.69) is 9.97 Å². The summed E-state index contributed by atoms with van der Waals surface area (Å²) in [5.74, 6) is -0.620. The van der Waals surface area contributed by atoms with Crippen LogP contribution in [0.1, 0.15) is 15.9 Å². The summed E-state index contributed by atoms with van der Waals surface area (Å²) in [7, 11) is 0. The fraction of sp³-hybridized carbons (Fsp3) is 0.0625. The van der Waals surface area contributed by atoms with Gasteiger partial charge in [0.25, 0.3) is 5.56 Å². The Labute approximate surface area is 119 Å². The number of benzene rings is 2. The Morgan fingerprint density at radius 1 is 1.14 bits per heavy atom. The molecule has 0 aliphatic carbocycles. The molecule has 2 aromatic carbocycles. The molecule has 21 heavy (non-hydrogen) atoms. The van der Waals surface area contributed by atoms with Crippen molar-refractivity contribution in [2.45, 2.75) is 6.92 Å². The molecule has 1 heterocycles. The Hall–Kier alpha value is -2.95. The van der Waals surface area contributed by atoms with Crippen LogP contribution in [0.5, 0.6) is 0 Å². The fourth-order valence-electron chi connectivity index (χ4n) is 2.12.